The average Bonchev–Trinajstić information content (AvgIpc) is 3.15. The number of aliphatic hydroxyl groups is 1. The van der Waals surface area contributed by atoms with E-state index in [0.29, 0.717) is 35.2 Å². The van der Waals surface area contributed by atoms with Crippen LogP contribution >= 0.6 is 0 Å². The highest BCUT2D eigenvalue weighted by Crippen LogP contribution is 2.32. The van der Waals surface area contributed by atoms with Crippen LogP contribution in [0.25, 0.3) is 0 Å². The first-order valence-corrected chi connectivity index (χ1v) is 7.60. The van der Waals surface area contributed by atoms with Crippen LogP contribution in [0.15, 0.2) is 12.3 Å². The zero-order valence-electron chi connectivity index (χ0n) is 12.9. The lowest BCUT2D eigenvalue weighted by atomic mass is 10.3. The molecule has 124 valence electrons. The molecule has 0 spiro atoms. The van der Waals surface area contributed by atoms with Gasteiger partial charge in [-0.3, -0.25) is 0 Å². The predicted molar refractivity (Wildman–Crippen MR) is 91.5 cm³/mol. The third-order valence-corrected chi connectivity index (χ3v) is 3.91. The van der Waals surface area contributed by atoms with Gasteiger partial charge in [0.15, 0.2) is 11.6 Å². The Labute approximate surface area is 134 Å². The molecular weight excluding hydrogens is 296 g/mol. The maximum atomic E-state index is 8.99. The van der Waals surface area contributed by atoms with Gasteiger partial charge in [-0.05, 0) is 18.9 Å². The van der Waals surface area contributed by atoms with Crippen molar-refractivity contribution in [3.8, 4) is 0 Å². The topological polar surface area (TPSA) is 144 Å². The van der Waals surface area contributed by atoms with E-state index in [1.54, 1.807) is 12.3 Å². The summed E-state index contributed by atoms with van der Waals surface area (Å²) in [6, 6.07) is 1.71. The molecule has 3 rings (SSSR count). The van der Waals surface area contributed by atoms with Gasteiger partial charge in [0.25, 0.3) is 0 Å². The Bertz CT molecular complexity index is 692. The number of nitrogens with two attached hydrogens (primary N) is 3. The van der Waals surface area contributed by atoms with Crippen LogP contribution in [0.3, 0.4) is 0 Å². The molecule has 2 aromatic rings. The van der Waals surface area contributed by atoms with Crippen molar-refractivity contribution in [3.05, 3.63) is 12.3 Å². The number of hydrogen-bond donors (Lipinski definition) is 5. The van der Waals surface area contributed by atoms with Crippen molar-refractivity contribution in [2.45, 2.75) is 19.4 Å². The lowest BCUT2D eigenvalue weighted by molar-refractivity contribution is 0.270. The zero-order chi connectivity index (χ0) is 16.4. The summed E-state index contributed by atoms with van der Waals surface area (Å²) in [7, 11) is 0. The molecule has 8 N–H and O–H groups in total. The molecule has 0 unspecified atom stereocenters. The second-order valence-corrected chi connectivity index (χ2v) is 5.55. The fourth-order valence-corrected chi connectivity index (χ4v) is 2.71. The Morgan fingerprint density at radius 1 is 1.17 bits per heavy atom. The SMILES string of the molecule is Nc1cc(N)c(N2CCCC2)nc1Nc1cnn(CCO)c1N. The molecule has 0 aromatic carbocycles. The molecule has 0 saturated carbocycles. The van der Waals surface area contributed by atoms with Gasteiger partial charge in [0, 0.05) is 13.1 Å². The molecule has 0 amide bonds. The number of anilines is 6. The highest BCUT2D eigenvalue weighted by atomic mass is 16.3. The minimum absolute atomic E-state index is 0.0350. The maximum absolute atomic E-state index is 8.99. The Balaban J connectivity index is 1.89. The standard InChI is InChI=1S/C14H22N8O/c15-9-7-10(16)14(21-3-1-2-4-21)20-13(9)19-11-8-18-22(5-6-23)12(11)17/h7-8,23H,1-6,15-17H2,(H,19,20). The molecule has 0 bridgehead atoms. The van der Waals surface area contributed by atoms with E-state index >= 15 is 0 Å². The van der Waals surface area contributed by atoms with E-state index in [0.717, 1.165) is 31.7 Å². The molecular formula is C14H22N8O. The van der Waals surface area contributed by atoms with E-state index in [1.165, 1.54) is 4.68 Å². The molecule has 0 aliphatic carbocycles. The number of rotatable bonds is 5. The first-order valence-electron chi connectivity index (χ1n) is 7.60. The van der Waals surface area contributed by atoms with Gasteiger partial charge in [-0.2, -0.15) is 5.10 Å². The minimum atomic E-state index is -0.0350. The number of aliphatic hydroxyl groups excluding tert-OH is 1. The molecule has 3 heterocycles. The van der Waals surface area contributed by atoms with Crippen molar-refractivity contribution in [1.29, 1.82) is 0 Å². The number of aromatic nitrogens is 3. The van der Waals surface area contributed by atoms with E-state index in [2.05, 4.69) is 20.3 Å². The normalized spacial score (nSPS) is 14.4. The molecule has 1 aliphatic rings. The second-order valence-electron chi connectivity index (χ2n) is 5.55. The van der Waals surface area contributed by atoms with Gasteiger partial charge in [-0.1, -0.05) is 0 Å². The van der Waals surface area contributed by atoms with Crippen LogP contribution in [0, 0.1) is 0 Å². The van der Waals surface area contributed by atoms with E-state index in [1.807, 2.05) is 0 Å². The number of hydrogen-bond acceptors (Lipinski definition) is 8. The molecule has 1 saturated heterocycles. The lowest BCUT2D eigenvalue weighted by Gasteiger charge is -2.20. The van der Waals surface area contributed by atoms with E-state index in [4.69, 9.17) is 22.3 Å². The molecule has 1 aliphatic heterocycles. The van der Waals surface area contributed by atoms with Crippen LogP contribution in [0.1, 0.15) is 12.8 Å². The summed E-state index contributed by atoms with van der Waals surface area (Å²) in [5.74, 6) is 1.65. The smallest absolute Gasteiger partial charge is 0.156 e. The molecule has 0 atom stereocenters. The largest absolute Gasteiger partial charge is 0.396 e. The van der Waals surface area contributed by atoms with Crippen molar-refractivity contribution < 1.29 is 5.11 Å². The van der Waals surface area contributed by atoms with Crippen LogP contribution in [-0.2, 0) is 6.54 Å². The fraction of sp³-hybridized carbons (Fsp3) is 0.429. The average molecular weight is 318 g/mol. The van der Waals surface area contributed by atoms with Crippen molar-refractivity contribution in [3.63, 3.8) is 0 Å². The summed E-state index contributed by atoms with van der Waals surface area (Å²) in [6.45, 7) is 2.18. The van der Waals surface area contributed by atoms with Gasteiger partial charge in [0.2, 0.25) is 0 Å². The summed E-state index contributed by atoms with van der Waals surface area (Å²) >= 11 is 0. The molecule has 9 nitrogen and oxygen atoms in total. The Morgan fingerprint density at radius 2 is 1.91 bits per heavy atom. The Hall–Kier alpha value is -2.68. The Morgan fingerprint density at radius 3 is 2.61 bits per heavy atom. The summed E-state index contributed by atoms with van der Waals surface area (Å²) < 4.78 is 1.51. The quantitative estimate of drug-likeness (QED) is 0.531. The van der Waals surface area contributed by atoms with E-state index < -0.39 is 0 Å². The maximum Gasteiger partial charge on any atom is 0.156 e. The summed E-state index contributed by atoms with van der Waals surface area (Å²) in [5, 5.41) is 16.2. The summed E-state index contributed by atoms with van der Waals surface area (Å²) in [5.41, 5.74) is 19.7. The van der Waals surface area contributed by atoms with Gasteiger partial charge >= 0.3 is 0 Å². The number of nitrogen functional groups attached to an aromatic ring is 3. The minimum Gasteiger partial charge on any atom is -0.396 e. The van der Waals surface area contributed by atoms with Gasteiger partial charge in [0.1, 0.15) is 11.5 Å². The molecule has 2 aromatic heterocycles. The third kappa shape index (κ3) is 2.95. The fourth-order valence-electron chi connectivity index (χ4n) is 2.71. The van der Waals surface area contributed by atoms with Gasteiger partial charge < -0.3 is 32.5 Å². The third-order valence-electron chi connectivity index (χ3n) is 3.91. The van der Waals surface area contributed by atoms with E-state index in [9.17, 15) is 0 Å². The van der Waals surface area contributed by atoms with Crippen LogP contribution in [0.4, 0.5) is 34.5 Å². The lowest BCUT2D eigenvalue weighted by Crippen LogP contribution is -2.21. The van der Waals surface area contributed by atoms with Crippen molar-refractivity contribution >= 4 is 34.5 Å². The summed E-state index contributed by atoms with van der Waals surface area (Å²) in [6.07, 6.45) is 3.85. The molecule has 0 radical (unpaired) electrons. The van der Waals surface area contributed by atoms with Gasteiger partial charge in [0.05, 0.1) is 30.7 Å². The van der Waals surface area contributed by atoms with Gasteiger partial charge in [-0.15, -0.1) is 0 Å². The van der Waals surface area contributed by atoms with Crippen molar-refractivity contribution in [2.75, 3.05) is 47.1 Å². The van der Waals surface area contributed by atoms with Gasteiger partial charge in [-0.25, -0.2) is 9.67 Å². The Kier molecular flexibility index (Phi) is 4.11. The van der Waals surface area contributed by atoms with Crippen LogP contribution < -0.4 is 27.4 Å². The second kappa shape index (κ2) is 6.21. The van der Waals surface area contributed by atoms with Crippen molar-refractivity contribution in [1.82, 2.24) is 14.8 Å². The molecule has 9 heteroatoms. The monoisotopic (exact) mass is 318 g/mol. The van der Waals surface area contributed by atoms with Crippen molar-refractivity contribution in [2.24, 2.45) is 0 Å². The number of nitrogens with one attached hydrogen (secondary N) is 1. The van der Waals surface area contributed by atoms with Crippen LogP contribution in [-0.4, -0.2) is 39.6 Å². The predicted octanol–water partition coefficient (Wildman–Crippen LogP) is 0.361. The highest BCUT2D eigenvalue weighted by molar-refractivity contribution is 5.80. The first-order chi connectivity index (χ1) is 11.1. The number of nitrogens with zero attached hydrogens (tertiary/aromatic N) is 4. The number of pyridine rings is 1. The van der Waals surface area contributed by atoms with Crippen LogP contribution in [0.2, 0.25) is 0 Å². The highest BCUT2D eigenvalue weighted by Gasteiger charge is 2.19. The first kappa shape index (κ1) is 15.2. The van der Waals surface area contributed by atoms with Crippen LogP contribution in [0.5, 0.6) is 0 Å². The van der Waals surface area contributed by atoms with E-state index in [-0.39, 0.29) is 6.61 Å². The molecule has 23 heavy (non-hydrogen) atoms. The summed E-state index contributed by atoms with van der Waals surface area (Å²) in [4.78, 5) is 6.72. The molecule has 1 fully saturated rings. The zero-order valence-corrected chi connectivity index (χ0v) is 12.9.